The molecule has 5 nitrogen and oxygen atoms in total. The predicted molar refractivity (Wildman–Crippen MR) is 106 cm³/mol. The van der Waals surface area contributed by atoms with Crippen LogP contribution in [0.5, 0.6) is 0 Å². The molecule has 1 fully saturated rings. The normalized spacial score (nSPS) is 22.2. The van der Waals surface area contributed by atoms with E-state index in [1.165, 1.54) is 0 Å². The summed E-state index contributed by atoms with van der Waals surface area (Å²) >= 11 is 0. The minimum atomic E-state index is -1.96. The van der Waals surface area contributed by atoms with Gasteiger partial charge in [-0.05, 0) is 44.9 Å². The van der Waals surface area contributed by atoms with Gasteiger partial charge in [-0.1, -0.05) is 50.1 Å². The largest absolute Gasteiger partial charge is 0.479 e. The van der Waals surface area contributed by atoms with Crippen molar-refractivity contribution in [2.45, 2.75) is 82.3 Å². The lowest BCUT2D eigenvalue weighted by Crippen LogP contribution is -2.47. The SMILES string of the molecule is C=CC(O)(CC=CCC=CCC[C@](O)(C(=O)O)[C@H]1CCCC1=O)CCCC. The van der Waals surface area contributed by atoms with Gasteiger partial charge in [0.15, 0.2) is 5.60 Å². The molecule has 0 saturated heterocycles. The molecule has 3 atom stereocenters. The van der Waals surface area contributed by atoms with Crippen molar-refractivity contribution >= 4 is 11.8 Å². The number of unbranched alkanes of at least 4 members (excludes halogenated alkanes) is 1. The monoisotopic (exact) mass is 378 g/mol. The smallest absolute Gasteiger partial charge is 0.336 e. The Labute approximate surface area is 162 Å². The Balaban J connectivity index is 2.42. The van der Waals surface area contributed by atoms with Crippen molar-refractivity contribution in [1.29, 1.82) is 0 Å². The van der Waals surface area contributed by atoms with E-state index in [-0.39, 0.29) is 12.2 Å². The van der Waals surface area contributed by atoms with E-state index < -0.39 is 23.1 Å². The second-order valence-electron chi connectivity index (χ2n) is 7.47. The Kier molecular flexibility index (Phi) is 9.67. The van der Waals surface area contributed by atoms with Gasteiger partial charge in [-0.25, -0.2) is 4.79 Å². The van der Waals surface area contributed by atoms with E-state index in [4.69, 9.17) is 0 Å². The molecule has 0 amide bonds. The minimum Gasteiger partial charge on any atom is -0.479 e. The molecule has 5 heteroatoms. The van der Waals surface area contributed by atoms with Crippen LogP contribution in [0.3, 0.4) is 0 Å². The molecule has 1 rings (SSSR count). The van der Waals surface area contributed by atoms with Crippen LogP contribution in [-0.4, -0.2) is 38.3 Å². The molecule has 0 bridgehead atoms. The van der Waals surface area contributed by atoms with Gasteiger partial charge in [-0.15, -0.1) is 6.58 Å². The molecule has 0 aromatic heterocycles. The van der Waals surface area contributed by atoms with Gasteiger partial charge in [0.2, 0.25) is 0 Å². The highest BCUT2D eigenvalue weighted by molar-refractivity contribution is 5.91. The van der Waals surface area contributed by atoms with Crippen LogP contribution < -0.4 is 0 Å². The second kappa shape index (κ2) is 11.2. The van der Waals surface area contributed by atoms with Crippen molar-refractivity contribution in [3.05, 3.63) is 37.0 Å². The van der Waals surface area contributed by atoms with Gasteiger partial charge in [-0.2, -0.15) is 0 Å². The van der Waals surface area contributed by atoms with Gasteiger partial charge in [0.25, 0.3) is 0 Å². The number of hydrogen-bond donors (Lipinski definition) is 3. The molecule has 1 saturated carbocycles. The fourth-order valence-corrected chi connectivity index (χ4v) is 3.50. The van der Waals surface area contributed by atoms with Gasteiger partial charge < -0.3 is 15.3 Å². The van der Waals surface area contributed by atoms with E-state index in [2.05, 4.69) is 13.5 Å². The molecule has 1 unspecified atom stereocenters. The Bertz CT molecular complexity index is 565. The van der Waals surface area contributed by atoms with Gasteiger partial charge in [0, 0.05) is 6.42 Å². The summed E-state index contributed by atoms with van der Waals surface area (Å²) in [5.41, 5.74) is -2.82. The summed E-state index contributed by atoms with van der Waals surface area (Å²) in [6, 6.07) is 0. The van der Waals surface area contributed by atoms with Gasteiger partial charge in [0.1, 0.15) is 5.78 Å². The quantitative estimate of drug-likeness (QED) is 0.422. The fourth-order valence-electron chi connectivity index (χ4n) is 3.50. The first-order chi connectivity index (χ1) is 12.8. The maximum absolute atomic E-state index is 11.8. The van der Waals surface area contributed by atoms with Crippen LogP contribution in [0.4, 0.5) is 0 Å². The highest BCUT2D eigenvalue weighted by Gasteiger charge is 2.48. The highest BCUT2D eigenvalue weighted by atomic mass is 16.4. The first-order valence-electron chi connectivity index (χ1n) is 9.93. The summed E-state index contributed by atoms with van der Waals surface area (Å²) in [6.45, 7) is 5.79. The van der Waals surface area contributed by atoms with E-state index in [0.717, 1.165) is 12.8 Å². The van der Waals surface area contributed by atoms with Crippen molar-refractivity contribution < 1.29 is 24.9 Å². The zero-order chi connectivity index (χ0) is 20.3. The fraction of sp³-hybridized carbons (Fsp3) is 0.636. The first-order valence-corrected chi connectivity index (χ1v) is 9.93. The molecule has 1 aliphatic carbocycles. The molecule has 0 radical (unpaired) electrons. The summed E-state index contributed by atoms with van der Waals surface area (Å²) in [5, 5.41) is 30.2. The summed E-state index contributed by atoms with van der Waals surface area (Å²) in [7, 11) is 0. The predicted octanol–water partition coefficient (Wildman–Crippen LogP) is 3.95. The Morgan fingerprint density at radius 2 is 1.93 bits per heavy atom. The number of carboxylic acid groups (broad SMARTS) is 1. The lowest BCUT2D eigenvalue weighted by atomic mass is 9.81. The van der Waals surface area contributed by atoms with Crippen LogP contribution in [0.1, 0.15) is 71.1 Å². The van der Waals surface area contributed by atoms with Crippen LogP contribution in [0.25, 0.3) is 0 Å². The molecule has 3 N–H and O–H groups in total. The third-order valence-corrected chi connectivity index (χ3v) is 5.36. The van der Waals surface area contributed by atoms with Crippen LogP contribution in [0.2, 0.25) is 0 Å². The molecule has 0 heterocycles. The zero-order valence-electron chi connectivity index (χ0n) is 16.4. The molecule has 27 heavy (non-hydrogen) atoms. The maximum atomic E-state index is 11.8. The van der Waals surface area contributed by atoms with Crippen molar-refractivity contribution in [3.8, 4) is 0 Å². The lowest BCUT2D eigenvalue weighted by molar-refractivity contribution is -0.168. The first kappa shape index (κ1) is 23.3. The van der Waals surface area contributed by atoms with Crippen LogP contribution >= 0.6 is 0 Å². The number of Topliss-reactive ketones (excluding diaryl/α,β-unsaturated/α-hetero) is 1. The number of aliphatic hydroxyl groups is 2. The van der Waals surface area contributed by atoms with Gasteiger partial charge in [0.05, 0.1) is 11.5 Å². The average Bonchev–Trinajstić information content (AvgIpc) is 3.08. The van der Waals surface area contributed by atoms with Crippen molar-refractivity contribution in [2.24, 2.45) is 5.92 Å². The van der Waals surface area contributed by atoms with Crippen molar-refractivity contribution in [3.63, 3.8) is 0 Å². The molecule has 0 aromatic carbocycles. The third-order valence-electron chi connectivity index (χ3n) is 5.36. The van der Waals surface area contributed by atoms with Crippen molar-refractivity contribution in [1.82, 2.24) is 0 Å². The molecule has 0 aliphatic heterocycles. The van der Waals surface area contributed by atoms with Crippen LogP contribution in [0, 0.1) is 5.92 Å². The molecule has 1 aliphatic rings. The lowest BCUT2D eigenvalue weighted by Gasteiger charge is -2.28. The molecule has 152 valence electrons. The van der Waals surface area contributed by atoms with E-state index in [1.807, 2.05) is 24.3 Å². The minimum absolute atomic E-state index is 0.0339. The number of rotatable bonds is 13. The summed E-state index contributed by atoms with van der Waals surface area (Å²) in [4.78, 5) is 23.3. The molecular formula is C22H34O5. The standard InChI is InChI=1S/C22H34O5/c1-3-5-15-21(26,4-2)16-10-8-6-7-9-11-17-22(27,20(24)25)18-13-12-14-19(18)23/h4,7-10,18,26-27H,2-3,5-6,11-17H2,1H3,(H,24,25)/t18-,21?,22+/m0/s1. The molecule has 0 spiro atoms. The number of carboxylic acids is 1. The zero-order valence-corrected chi connectivity index (χ0v) is 16.4. The molecular weight excluding hydrogens is 344 g/mol. The van der Waals surface area contributed by atoms with Gasteiger partial charge in [-0.3, -0.25) is 4.79 Å². The van der Waals surface area contributed by atoms with E-state index in [0.29, 0.717) is 44.9 Å². The number of hydrogen-bond acceptors (Lipinski definition) is 4. The average molecular weight is 379 g/mol. The Hall–Kier alpha value is -1.72. The molecule has 0 aromatic rings. The van der Waals surface area contributed by atoms with E-state index in [9.17, 15) is 24.9 Å². The Morgan fingerprint density at radius 3 is 2.48 bits per heavy atom. The summed E-state index contributed by atoms with van der Waals surface area (Å²) < 4.78 is 0. The van der Waals surface area contributed by atoms with Gasteiger partial charge >= 0.3 is 5.97 Å². The second-order valence-corrected chi connectivity index (χ2v) is 7.47. The summed E-state index contributed by atoms with van der Waals surface area (Å²) in [5.74, 6) is -2.25. The van der Waals surface area contributed by atoms with E-state index in [1.54, 1.807) is 6.08 Å². The number of allylic oxidation sites excluding steroid dienone is 3. The third kappa shape index (κ3) is 7.07. The number of carbonyl (C=O) groups is 2. The number of carbonyl (C=O) groups excluding carboxylic acids is 1. The summed E-state index contributed by atoms with van der Waals surface area (Å²) in [6.07, 6.45) is 14.9. The number of aliphatic carboxylic acids is 1. The van der Waals surface area contributed by atoms with Crippen LogP contribution in [-0.2, 0) is 9.59 Å². The topological polar surface area (TPSA) is 94.8 Å². The van der Waals surface area contributed by atoms with E-state index >= 15 is 0 Å². The Morgan fingerprint density at radius 1 is 1.22 bits per heavy atom. The highest BCUT2D eigenvalue weighted by Crippen LogP contribution is 2.34. The van der Waals surface area contributed by atoms with Crippen LogP contribution in [0.15, 0.2) is 37.0 Å². The maximum Gasteiger partial charge on any atom is 0.336 e. The number of ketones is 1. The van der Waals surface area contributed by atoms with Crippen molar-refractivity contribution in [2.75, 3.05) is 0 Å².